The third-order valence-electron chi connectivity index (χ3n) is 2.77. The van der Waals surface area contributed by atoms with Gasteiger partial charge in [0, 0.05) is 16.6 Å². The van der Waals surface area contributed by atoms with Crippen molar-refractivity contribution >= 4 is 47.8 Å². The predicted molar refractivity (Wildman–Crippen MR) is 93.1 cm³/mol. The van der Waals surface area contributed by atoms with Gasteiger partial charge in [0.1, 0.15) is 12.4 Å². The van der Waals surface area contributed by atoms with E-state index < -0.39 is 0 Å². The van der Waals surface area contributed by atoms with E-state index in [1.807, 2.05) is 31.3 Å². The molecule has 0 saturated heterocycles. The fraction of sp³-hybridized carbons (Fsp3) is 0.200. The Bertz CT molecular complexity index is 578. The molecule has 0 bridgehead atoms. The Labute approximate surface area is 144 Å². The molecule has 20 heavy (non-hydrogen) atoms. The molecule has 5 heteroatoms. The Hall–Kier alpha value is -0.360. The fourth-order valence-electron chi connectivity index (χ4n) is 1.82. The molecule has 0 atom stereocenters. The summed E-state index contributed by atoms with van der Waals surface area (Å²) in [5.74, 6) is 0.820. The number of rotatable bonds is 5. The van der Waals surface area contributed by atoms with Crippen LogP contribution in [0.15, 0.2) is 49.8 Å². The summed E-state index contributed by atoms with van der Waals surface area (Å²) in [6, 6.07) is 12.2. The molecule has 2 aromatic rings. The molecule has 0 radical (unpaired) electrons. The van der Waals surface area contributed by atoms with Crippen LogP contribution in [0.3, 0.4) is 0 Å². The van der Waals surface area contributed by atoms with Crippen molar-refractivity contribution in [3.63, 3.8) is 0 Å². The van der Waals surface area contributed by atoms with Gasteiger partial charge in [-0.05, 0) is 62.7 Å². The summed E-state index contributed by atoms with van der Waals surface area (Å²) in [4.78, 5) is 0. The number of benzene rings is 2. The largest absolute Gasteiger partial charge is 0.486 e. The third kappa shape index (κ3) is 4.07. The lowest BCUT2D eigenvalue weighted by atomic mass is 10.2. The zero-order valence-corrected chi connectivity index (χ0v) is 15.7. The SMILES string of the molecule is CNCc1cc(Br)c(OCc2ccccc2Br)c(Br)c1. The summed E-state index contributed by atoms with van der Waals surface area (Å²) in [6.45, 7) is 1.34. The minimum Gasteiger partial charge on any atom is -0.486 e. The first-order chi connectivity index (χ1) is 9.61. The van der Waals surface area contributed by atoms with Crippen molar-refractivity contribution in [1.29, 1.82) is 0 Å². The zero-order chi connectivity index (χ0) is 14.5. The van der Waals surface area contributed by atoms with Gasteiger partial charge in [-0.3, -0.25) is 0 Å². The van der Waals surface area contributed by atoms with Gasteiger partial charge in [-0.25, -0.2) is 0 Å². The minimum absolute atomic E-state index is 0.518. The molecular weight excluding hydrogens is 450 g/mol. The van der Waals surface area contributed by atoms with Crippen LogP contribution >= 0.6 is 47.8 Å². The molecule has 0 fully saturated rings. The lowest BCUT2D eigenvalue weighted by Gasteiger charge is -2.13. The topological polar surface area (TPSA) is 21.3 Å². The van der Waals surface area contributed by atoms with Gasteiger partial charge in [-0.1, -0.05) is 34.1 Å². The summed E-state index contributed by atoms with van der Waals surface area (Å²) in [7, 11) is 1.93. The highest BCUT2D eigenvalue weighted by molar-refractivity contribution is 9.11. The Morgan fingerprint density at radius 3 is 2.25 bits per heavy atom. The van der Waals surface area contributed by atoms with Gasteiger partial charge in [0.05, 0.1) is 8.95 Å². The monoisotopic (exact) mass is 461 g/mol. The van der Waals surface area contributed by atoms with Crippen molar-refractivity contribution in [3.8, 4) is 5.75 Å². The Kier molecular flexibility index (Phi) is 6.08. The lowest BCUT2D eigenvalue weighted by Crippen LogP contribution is -2.05. The Morgan fingerprint density at radius 2 is 1.65 bits per heavy atom. The maximum Gasteiger partial charge on any atom is 0.148 e. The van der Waals surface area contributed by atoms with Gasteiger partial charge >= 0.3 is 0 Å². The van der Waals surface area contributed by atoms with E-state index in [0.29, 0.717) is 6.61 Å². The number of halogens is 3. The molecule has 0 aliphatic rings. The Morgan fingerprint density at radius 1 is 1.00 bits per heavy atom. The van der Waals surface area contributed by atoms with Crippen molar-refractivity contribution in [3.05, 3.63) is 60.9 Å². The normalized spacial score (nSPS) is 10.6. The summed E-state index contributed by atoms with van der Waals surface area (Å²) in [5.41, 5.74) is 2.31. The lowest BCUT2D eigenvalue weighted by molar-refractivity contribution is 0.301. The molecule has 0 saturated carbocycles. The average Bonchev–Trinajstić information content (AvgIpc) is 2.40. The van der Waals surface area contributed by atoms with Crippen LogP contribution < -0.4 is 10.1 Å². The smallest absolute Gasteiger partial charge is 0.148 e. The molecule has 0 aromatic heterocycles. The standard InChI is InChI=1S/C15H14Br3NO/c1-19-8-10-6-13(17)15(14(18)7-10)20-9-11-4-2-3-5-12(11)16/h2-7,19H,8-9H2,1H3. The molecule has 2 rings (SSSR count). The predicted octanol–water partition coefficient (Wildman–Crippen LogP) is 5.27. The van der Waals surface area contributed by atoms with Gasteiger partial charge in [0.2, 0.25) is 0 Å². The van der Waals surface area contributed by atoms with Crippen molar-refractivity contribution in [2.75, 3.05) is 7.05 Å². The van der Waals surface area contributed by atoms with Crippen LogP contribution in [0.1, 0.15) is 11.1 Å². The van der Waals surface area contributed by atoms with E-state index in [-0.39, 0.29) is 0 Å². The van der Waals surface area contributed by atoms with E-state index in [1.165, 1.54) is 5.56 Å². The third-order valence-corrected chi connectivity index (χ3v) is 4.72. The number of ether oxygens (including phenoxy) is 1. The van der Waals surface area contributed by atoms with Gasteiger partial charge in [-0.15, -0.1) is 0 Å². The minimum atomic E-state index is 0.518. The molecule has 0 spiro atoms. The molecule has 0 unspecified atom stereocenters. The molecule has 2 aromatic carbocycles. The van der Waals surface area contributed by atoms with Crippen LogP contribution in [0.25, 0.3) is 0 Å². The maximum absolute atomic E-state index is 5.92. The van der Waals surface area contributed by atoms with Gasteiger partial charge < -0.3 is 10.1 Å². The van der Waals surface area contributed by atoms with Gasteiger partial charge in [-0.2, -0.15) is 0 Å². The van der Waals surface area contributed by atoms with E-state index in [9.17, 15) is 0 Å². The van der Waals surface area contributed by atoms with Crippen LogP contribution in [-0.2, 0) is 13.2 Å². The van der Waals surface area contributed by atoms with E-state index in [0.717, 1.165) is 31.3 Å². The first-order valence-electron chi connectivity index (χ1n) is 6.10. The second kappa shape index (κ2) is 7.59. The van der Waals surface area contributed by atoms with Crippen LogP contribution in [0, 0.1) is 0 Å². The summed E-state index contributed by atoms with van der Waals surface area (Å²) < 4.78 is 8.87. The maximum atomic E-state index is 5.92. The highest BCUT2D eigenvalue weighted by Gasteiger charge is 2.10. The number of nitrogens with one attached hydrogen (secondary N) is 1. The second-order valence-electron chi connectivity index (χ2n) is 4.30. The van der Waals surface area contributed by atoms with E-state index >= 15 is 0 Å². The molecule has 106 valence electrons. The van der Waals surface area contributed by atoms with E-state index in [1.54, 1.807) is 0 Å². The first kappa shape index (κ1) is 16.0. The summed E-state index contributed by atoms with van der Waals surface area (Å²) in [6.07, 6.45) is 0. The van der Waals surface area contributed by atoms with Crippen molar-refractivity contribution < 1.29 is 4.74 Å². The van der Waals surface area contributed by atoms with Crippen LogP contribution in [0.4, 0.5) is 0 Å². The molecule has 2 nitrogen and oxygen atoms in total. The molecule has 0 aliphatic heterocycles. The fourth-order valence-corrected chi connectivity index (χ4v) is 3.73. The average molecular weight is 464 g/mol. The Balaban J connectivity index is 2.16. The summed E-state index contributed by atoms with van der Waals surface area (Å²) in [5, 5.41) is 3.13. The van der Waals surface area contributed by atoms with Crippen molar-refractivity contribution in [1.82, 2.24) is 5.32 Å². The number of hydrogen-bond donors (Lipinski definition) is 1. The highest BCUT2D eigenvalue weighted by atomic mass is 79.9. The first-order valence-corrected chi connectivity index (χ1v) is 8.48. The molecule has 0 amide bonds. The van der Waals surface area contributed by atoms with E-state index in [4.69, 9.17) is 4.74 Å². The molecule has 0 heterocycles. The molecule has 1 N–H and O–H groups in total. The quantitative estimate of drug-likeness (QED) is 0.652. The molecular formula is C15H14Br3NO. The van der Waals surface area contributed by atoms with Gasteiger partial charge in [0.15, 0.2) is 0 Å². The van der Waals surface area contributed by atoms with Crippen molar-refractivity contribution in [2.45, 2.75) is 13.2 Å². The van der Waals surface area contributed by atoms with Crippen LogP contribution in [0.5, 0.6) is 5.75 Å². The summed E-state index contributed by atoms with van der Waals surface area (Å²) >= 11 is 10.7. The molecule has 0 aliphatic carbocycles. The highest BCUT2D eigenvalue weighted by Crippen LogP contribution is 2.35. The number of hydrogen-bond acceptors (Lipinski definition) is 2. The second-order valence-corrected chi connectivity index (χ2v) is 6.86. The van der Waals surface area contributed by atoms with Gasteiger partial charge in [0.25, 0.3) is 0 Å². The van der Waals surface area contributed by atoms with Crippen LogP contribution in [0.2, 0.25) is 0 Å². The van der Waals surface area contributed by atoms with Crippen molar-refractivity contribution in [2.24, 2.45) is 0 Å². The van der Waals surface area contributed by atoms with Crippen LogP contribution in [-0.4, -0.2) is 7.05 Å². The zero-order valence-electron chi connectivity index (χ0n) is 10.9. The van der Waals surface area contributed by atoms with E-state index in [2.05, 4.69) is 65.2 Å².